The fourth-order valence-corrected chi connectivity index (χ4v) is 5.47. The molecule has 7 aromatic rings. The number of pyridine rings is 3. The number of nitrogens with zero attached hydrogens (tertiary/aromatic N) is 6. The van der Waals surface area contributed by atoms with Crippen molar-refractivity contribution < 1.29 is 36.3 Å². The topological polar surface area (TPSA) is 158 Å². The zero-order chi connectivity index (χ0) is 39.9. The number of benzene rings is 2. The lowest BCUT2D eigenvalue weighted by atomic mass is 10.0. The minimum Gasteiger partial charge on any atom is -0.478 e. The highest BCUT2D eigenvalue weighted by molar-refractivity contribution is 6.04. The number of aromatic nitrogens is 6. The summed E-state index contributed by atoms with van der Waals surface area (Å²) in [6.07, 6.45) is 8.21. The van der Waals surface area contributed by atoms with Crippen molar-refractivity contribution in [1.29, 1.82) is 0 Å². The Morgan fingerprint density at radius 3 is 1.96 bits per heavy atom. The van der Waals surface area contributed by atoms with Gasteiger partial charge in [-0.05, 0) is 73.9 Å². The molecule has 0 bridgehead atoms. The second-order valence-electron chi connectivity index (χ2n) is 12.1. The van der Waals surface area contributed by atoms with Gasteiger partial charge in [-0.2, -0.15) is 0 Å². The molecule has 0 spiro atoms. The maximum Gasteiger partial charge on any atom is 0.262 e. The molecule has 12 nitrogen and oxygen atoms in total. The number of rotatable bonds is 9. The van der Waals surface area contributed by atoms with Gasteiger partial charge >= 0.3 is 0 Å². The Labute approximate surface area is 317 Å². The molecular weight excluding hydrogens is 732 g/mol. The molecule has 0 radical (unpaired) electrons. The van der Waals surface area contributed by atoms with Crippen molar-refractivity contribution in [2.75, 3.05) is 17.2 Å². The molecule has 0 saturated heterocycles. The molecule has 7 rings (SSSR count). The first-order valence-corrected chi connectivity index (χ1v) is 17.1. The third-order valence-electron chi connectivity index (χ3n) is 8.22. The van der Waals surface area contributed by atoms with Gasteiger partial charge in [-0.15, -0.1) is 0 Å². The van der Waals surface area contributed by atoms with Gasteiger partial charge in [0.25, 0.3) is 11.8 Å². The summed E-state index contributed by atoms with van der Waals surface area (Å²) in [7, 11) is 0. The zero-order valence-corrected chi connectivity index (χ0v) is 30.3. The van der Waals surface area contributed by atoms with Crippen molar-refractivity contribution in [2.45, 2.75) is 34.1 Å². The van der Waals surface area contributed by atoms with Crippen LogP contribution >= 0.6 is 0 Å². The fourth-order valence-electron chi connectivity index (χ4n) is 5.47. The summed E-state index contributed by atoms with van der Waals surface area (Å²) in [5.41, 5.74) is 5.00. The molecule has 284 valence electrons. The second-order valence-corrected chi connectivity index (χ2v) is 12.1. The van der Waals surface area contributed by atoms with Gasteiger partial charge in [-0.25, -0.2) is 37.5 Å². The van der Waals surface area contributed by atoms with Gasteiger partial charge in [-0.1, -0.05) is 13.0 Å². The Kier molecular flexibility index (Phi) is 11.7. The summed E-state index contributed by atoms with van der Waals surface area (Å²) >= 11 is 0. The maximum absolute atomic E-state index is 13.7. The molecule has 0 aliphatic carbocycles. The number of oxazole rings is 1. The largest absolute Gasteiger partial charge is 0.478 e. The monoisotopic (exact) mass is 764 g/mol. The lowest BCUT2D eigenvalue weighted by Crippen LogP contribution is -2.16. The number of fused-ring (bicyclic) bond motifs is 1. The van der Waals surface area contributed by atoms with Gasteiger partial charge in [0, 0.05) is 36.0 Å². The highest BCUT2D eigenvalue weighted by atomic mass is 19.1. The average Bonchev–Trinajstić information content (AvgIpc) is 3.58. The van der Waals surface area contributed by atoms with Crippen molar-refractivity contribution in [3.05, 3.63) is 137 Å². The maximum atomic E-state index is 13.7. The van der Waals surface area contributed by atoms with Crippen LogP contribution < -0.4 is 15.4 Å². The molecule has 0 atom stereocenters. The fraction of sp³-hybridized carbons (Fsp3) is 0.150. The van der Waals surface area contributed by atoms with E-state index in [9.17, 15) is 27.2 Å². The summed E-state index contributed by atoms with van der Waals surface area (Å²) in [5, 5.41) is 4.72. The third kappa shape index (κ3) is 8.65. The number of halogens is 4. The lowest BCUT2D eigenvalue weighted by molar-refractivity contribution is 0.100. The standard InChI is InChI=1S/C21H16F2N4O2.C19H16F2N4O2/c1-3-19-26-16-7-13(11(2)6-17(16)29-19)12-4-5-18(25-8-12)27-21(28)20-14(22)9-24-10-15(20)23;1-3-27-17-7-11(2)12(8-24-17)15-9-23-16(10-22-15)25-19(26)18-13(20)5-4-6-14(18)21/h4-10H,3H2,1-2H3,(H,25,27,28);4-10H,3H2,1-2H3,(H,23,25,26). The van der Waals surface area contributed by atoms with Crippen molar-refractivity contribution >= 4 is 34.5 Å². The summed E-state index contributed by atoms with van der Waals surface area (Å²) in [6.45, 7) is 8.20. The van der Waals surface area contributed by atoms with E-state index in [4.69, 9.17) is 9.15 Å². The number of hydrogen-bond acceptors (Lipinski definition) is 10. The molecule has 0 aliphatic heterocycles. The van der Waals surface area contributed by atoms with Crippen molar-refractivity contribution in [3.63, 3.8) is 0 Å². The minimum atomic E-state index is -1.04. The van der Waals surface area contributed by atoms with E-state index >= 15 is 0 Å². The second kappa shape index (κ2) is 16.9. The van der Waals surface area contributed by atoms with E-state index in [1.54, 1.807) is 30.6 Å². The summed E-state index contributed by atoms with van der Waals surface area (Å²) < 4.78 is 65.7. The Morgan fingerprint density at radius 2 is 1.36 bits per heavy atom. The first-order valence-electron chi connectivity index (χ1n) is 17.1. The SMILES string of the molecule is CCOc1cc(C)c(-c2cnc(NC(=O)c3c(F)cccc3F)cn2)cn1.CCc1nc2cc(-c3ccc(NC(=O)c4c(F)cncc4F)nc3)c(C)cc2o1. The predicted octanol–water partition coefficient (Wildman–Crippen LogP) is 8.46. The molecule has 0 fully saturated rings. The normalized spacial score (nSPS) is 10.8. The van der Waals surface area contributed by atoms with Gasteiger partial charge < -0.3 is 19.8 Å². The predicted molar refractivity (Wildman–Crippen MR) is 199 cm³/mol. The Bertz CT molecular complexity index is 2510. The van der Waals surface area contributed by atoms with E-state index in [-0.39, 0.29) is 11.6 Å². The van der Waals surface area contributed by atoms with E-state index < -0.39 is 46.2 Å². The molecule has 0 saturated carbocycles. The Balaban J connectivity index is 0.000000190. The van der Waals surface area contributed by atoms with Crippen LogP contribution in [0.5, 0.6) is 5.88 Å². The Morgan fingerprint density at radius 1 is 0.696 bits per heavy atom. The molecule has 5 aromatic heterocycles. The van der Waals surface area contributed by atoms with Gasteiger partial charge in [0.2, 0.25) is 5.88 Å². The quantitative estimate of drug-likeness (QED) is 0.137. The third-order valence-corrected chi connectivity index (χ3v) is 8.22. The highest BCUT2D eigenvalue weighted by Gasteiger charge is 2.20. The molecule has 0 unspecified atom stereocenters. The minimum absolute atomic E-state index is 0.0722. The van der Waals surface area contributed by atoms with Crippen LogP contribution in [-0.2, 0) is 6.42 Å². The molecule has 2 amide bonds. The molecule has 5 heterocycles. The van der Waals surface area contributed by atoms with Crippen molar-refractivity contribution in [1.82, 2.24) is 29.9 Å². The van der Waals surface area contributed by atoms with Crippen molar-refractivity contribution in [3.8, 4) is 28.3 Å². The highest BCUT2D eigenvalue weighted by Crippen LogP contribution is 2.29. The van der Waals surface area contributed by atoms with E-state index in [1.807, 2.05) is 39.8 Å². The van der Waals surface area contributed by atoms with Crippen LogP contribution in [0.25, 0.3) is 33.5 Å². The van der Waals surface area contributed by atoms with Crippen LogP contribution in [0.2, 0.25) is 0 Å². The number of carbonyl (C=O) groups is 2. The van der Waals surface area contributed by atoms with Crippen LogP contribution in [0.15, 0.2) is 90.1 Å². The molecule has 0 aliphatic rings. The first-order chi connectivity index (χ1) is 26.9. The van der Waals surface area contributed by atoms with Crippen LogP contribution in [0.1, 0.15) is 51.6 Å². The lowest BCUT2D eigenvalue weighted by Gasteiger charge is -2.09. The summed E-state index contributed by atoms with van der Waals surface area (Å²) in [4.78, 5) is 48.7. The number of carbonyl (C=O) groups excluding carboxylic acids is 2. The summed E-state index contributed by atoms with van der Waals surface area (Å²) in [6, 6.07) is 12.2. The summed E-state index contributed by atoms with van der Waals surface area (Å²) in [5.74, 6) is -4.43. The van der Waals surface area contributed by atoms with Crippen LogP contribution in [0.3, 0.4) is 0 Å². The number of nitrogens with one attached hydrogen (secondary N) is 2. The van der Waals surface area contributed by atoms with Gasteiger partial charge in [0.1, 0.15) is 34.1 Å². The average molecular weight is 765 g/mol. The van der Waals surface area contributed by atoms with E-state index in [0.717, 1.165) is 63.4 Å². The van der Waals surface area contributed by atoms with Gasteiger partial charge in [0.15, 0.2) is 28.9 Å². The number of amides is 2. The molecule has 2 aromatic carbocycles. The van der Waals surface area contributed by atoms with Crippen LogP contribution in [-0.4, -0.2) is 48.3 Å². The van der Waals surface area contributed by atoms with E-state index in [2.05, 4.69) is 40.5 Å². The Hall–Kier alpha value is -7.10. The molecule has 56 heavy (non-hydrogen) atoms. The van der Waals surface area contributed by atoms with Gasteiger partial charge in [0.05, 0.1) is 37.1 Å². The first kappa shape index (κ1) is 38.6. The number of anilines is 2. The zero-order valence-electron chi connectivity index (χ0n) is 30.3. The van der Waals surface area contributed by atoms with E-state index in [1.165, 1.54) is 18.5 Å². The van der Waals surface area contributed by atoms with Crippen LogP contribution in [0, 0.1) is 37.1 Å². The van der Waals surface area contributed by atoms with Crippen LogP contribution in [0.4, 0.5) is 29.2 Å². The smallest absolute Gasteiger partial charge is 0.262 e. The molecule has 16 heteroatoms. The number of ether oxygens (including phenoxy) is 1. The van der Waals surface area contributed by atoms with E-state index in [0.29, 0.717) is 30.5 Å². The van der Waals surface area contributed by atoms with Gasteiger partial charge in [-0.3, -0.25) is 19.6 Å². The van der Waals surface area contributed by atoms with Crippen molar-refractivity contribution in [2.24, 2.45) is 0 Å². The molecular formula is C40H32F4N8O4. The number of hydrogen-bond donors (Lipinski definition) is 2. The molecule has 2 N–H and O–H groups in total. The number of aryl methyl sites for hydroxylation is 3.